The van der Waals surface area contributed by atoms with Crippen molar-refractivity contribution in [3.63, 3.8) is 0 Å². The first-order chi connectivity index (χ1) is 14.5. The highest BCUT2D eigenvalue weighted by atomic mass is 127. The van der Waals surface area contributed by atoms with Gasteiger partial charge < -0.3 is 14.5 Å². The second-order valence-electron chi connectivity index (χ2n) is 6.59. The molecule has 0 radical (unpaired) electrons. The van der Waals surface area contributed by atoms with Gasteiger partial charge in [-0.2, -0.15) is 5.26 Å². The molecule has 30 heavy (non-hydrogen) atoms. The summed E-state index contributed by atoms with van der Waals surface area (Å²) in [5, 5.41) is 9.60. The van der Waals surface area contributed by atoms with E-state index in [1.54, 1.807) is 11.0 Å². The first-order valence-corrected chi connectivity index (χ1v) is 11.5. The van der Waals surface area contributed by atoms with Gasteiger partial charge in [0, 0.05) is 31.9 Å². The van der Waals surface area contributed by atoms with E-state index in [9.17, 15) is 10.1 Å². The molecular weight excluding hydrogens is 604 g/mol. The van der Waals surface area contributed by atoms with E-state index in [1.807, 2.05) is 30.3 Å². The third-order valence-corrected chi connectivity index (χ3v) is 6.27. The number of benzene rings is 2. The van der Waals surface area contributed by atoms with Crippen LogP contribution in [0.2, 0.25) is 0 Å². The molecule has 1 aliphatic heterocycles. The molecule has 0 aliphatic carbocycles. The normalized spacial score (nSPS) is 14.1. The van der Waals surface area contributed by atoms with Crippen LogP contribution in [0.5, 0.6) is 5.75 Å². The van der Waals surface area contributed by atoms with E-state index < -0.39 is 0 Å². The summed E-state index contributed by atoms with van der Waals surface area (Å²) in [7, 11) is 0. The van der Waals surface area contributed by atoms with Crippen molar-refractivity contribution in [2.45, 2.75) is 0 Å². The maximum atomic E-state index is 12.9. The van der Waals surface area contributed by atoms with Gasteiger partial charge in [0.25, 0.3) is 5.91 Å². The second-order valence-corrected chi connectivity index (χ2v) is 8.92. The van der Waals surface area contributed by atoms with Crippen molar-refractivity contribution in [1.29, 1.82) is 5.26 Å². The molecule has 2 aromatic rings. The Kier molecular flexibility index (Phi) is 8.00. The molecule has 7 heteroatoms. The lowest BCUT2D eigenvalue weighted by Crippen LogP contribution is -2.49. The van der Waals surface area contributed by atoms with Gasteiger partial charge in [0.05, 0.1) is 7.14 Å². The number of rotatable bonds is 5. The summed E-state index contributed by atoms with van der Waals surface area (Å²) in [6, 6.07) is 16.0. The number of halogens is 2. The first-order valence-electron chi connectivity index (χ1n) is 9.30. The van der Waals surface area contributed by atoms with Gasteiger partial charge in [-0.05, 0) is 81.1 Å². The summed E-state index contributed by atoms with van der Waals surface area (Å²) < 4.78 is 7.33. The molecule has 0 unspecified atom stereocenters. The first kappa shape index (κ1) is 22.4. The molecule has 1 fully saturated rings. The Hall–Kier alpha value is -2.24. The predicted molar refractivity (Wildman–Crippen MR) is 135 cm³/mol. The Morgan fingerprint density at radius 3 is 2.33 bits per heavy atom. The monoisotopic (exact) mass is 623 g/mol. The lowest BCUT2D eigenvalue weighted by atomic mass is 10.1. The number of hydrogen-bond donors (Lipinski definition) is 0. The Balaban J connectivity index is 1.72. The summed E-state index contributed by atoms with van der Waals surface area (Å²) >= 11 is 4.33. The Labute approximate surface area is 204 Å². The van der Waals surface area contributed by atoms with Crippen LogP contribution >= 0.6 is 45.2 Å². The van der Waals surface area contributed by atoms with Crippen LogP contribution in [0.15, 0.2) is 48.0 Å². The van der Waals surface area contributed by atoms with Crippen molar-refractivity contribution < 1.29 is 9.53 Å². The van der Waals surface area contributed by atoms with E-state index >= 15 is 0 Å². The van der Waals surface area contributed by atoms with Gasteiger partial charge in [-0.1, -0.05) is 24.1 Å². The predicted octanol–water partition coefficient (Wildman–Crippen LogP) is 4.16. The van der Waals surface area contributed by atoms with Crippen LogP contribution in [0.3, 0.4) is 0 Å². The van der Waals surface area contributed by atoms with Gasteiger partial charge in [-0.15, -0.1) is 6.42 Å². The number of para-hydroxylation sites is 1. The number of anilines is 1. The number of nitrogens with zero attached hydrogens (tertiary/aromatic N) is 3. The van der Waals surface area contributed by atoms with Crippen LogP contribution in [0.4, 0.5) is 5.69 Å². The van der Waals surface area contributed by atoms with Crippen molar-refractivity contribution >= 4 is 62.9 Å². The number of hydrogen-bond acceptors (Lipinski definition) is 4. The highest BCUT2D eigenvalue weighted by Gasteiger charge is 2.24. The minimum atomic E-state index is -0.233. The molecule has 0 spiro atoms. The molecule has 1 saturated heterocycles. The molecule has 0 atom stereocenters. The quantitative estimate of drug-likeness (QED) is 0.218. The van der Waals surface area contributed by atoms with E-state index in [2.05, 4.69) is 74.2 Å². The Bertz CT molecular complexity index is 1010. The highest BCUT2D eigenvalue weighted by molar-refractivity contribution is 14.1. The maximum Gasteiger partial charge on any atom is 0.264 e. The van der Waals surface area contributed by atoms with Crippen LogP contribution in [-0.4, -0.2) is 43.6 Å². The third-order valence-electron chi connectivity index (χ3n) is 4.67. The maximum absolute atomic E-state index is 12.9. The molecule has 1 amide bonds. The minimum absolute atomic E-state index is 0.132. The van der Waals surface area contributed by atoms with Gasteiger partial charge in [-0.25, -0.2) is 0 Å². The molecule has 152 valence electrons. The van der Waals surface area contributed by atoms with Crippen molar-refractivity contribution in [2.24, 2.45) is 0 Å². The summed E-state index contributed by atoms with van der Waals surface area (Å²) in [6.07, 6.45) is 6.91. The van der Waals surface area contributed by atoms with Crippen molar-refractivity contribution in [3.05, 3.63) is 60.7 Å². The number of nitriles is 1. The largest absolute Gasteiger partial charge is 0.479 e. The summed E-state index contributed by atoms with van der Waals surface area (Å²) in [4.78, 5) is 16.9. The summed E-state index contributed by atoms with van der Waals surface area (Å²) in [5.74, 6) is 2.94. The van der Waals surface area contributed by atoms with E-state index in [4.69, 9.17) is 11.2 Å². The standard InChI is InChI=1S/C23H19I2N3O2/c1-2-12-30-22-20(24)14-17(15-21(22)25)13-18(16-26)23(29)28-10-8-27(9-11-28)19-6-4-3-5-7-19/h1,3-7,13-15H,8-12H2/b18-13-. The van der Waals surface area contributed by atoms with Crippen LogP contribution in [-0.2, 0) is 4.79 Å². The van der Waals surface area contributed by atoms with Gasteiger partial charge >= 0.3 is 0 Å². The summed E-state index contributed by atoms with van der Waals surface area (Å²) in [6.45, 7) is 2.84. The van der Waals surface area contributed by atoms with E-state index in [1.165, 1.54) is 0 Å². The fourth-order valence-electron chi connectivity index (χ4n) is 3.20. The van der Waals surface area contributed by atoms with Gasteiger partial charge in [0.1, 0.15) is 24.0 Å². The van der Waals surface area contributed by atoms with Crippen LogP contribution in [0.1, 0.15) is 5.56 Å². The molecule has 0 aromatic heterocycles. The SMILES string of the molecule is C#CCOc1c(I)cc(/C=C(/C#N)C(=O)N2CCN(c3ccccc3)CC2)cc1I. The number of terminal acetylenes is 1. The second kappa shape index (κ2) is 10.7. The fraction of sp³-hybridized carbons (Fsp3) is 0.217. The Morgan fingerprint density at radius 1 is 1.13 bits per heavy atom. The van der Waals surface area contributed by atoms with Crippen molar-refractivity contribution in [1.82, 2.24) is 4.90 Å². The van der Waals surface area contributed by atoms with Gasteiger partial charge in [0.2, 0.25) is 0 Å². The third kappa shape index (κ3) is 5.46. The van der Waals surface area contributed by atoms with Crippen molar-refractivity contribution in [2.75, 3.05) is 37.7 Å². The zero-order valence-electron chi connectivity index (χ0n) is 16.1. The topological polar surface area (TPSA) is 56.6 Å². The molecule has 0 bridgehead atoms. The molecule has 3 rings (SSSR count). The number of carbonyl (C=O) groups excluding carboxylic acids is 1. The van der Waals surface area contributed by atoms with Crippen LogP contribution in [0.25, 0.3) is 6.08 Å². The number of amides is 1. The molecule has 5 nitrogen and oxygen atoms in total. The van der Waals surface area contributed by atoms with Crippen LogP contribution < -0.4 is 9.64 Å². The molecule has 1 heterocycles. The average Bonchev–Trinajstić information content (AvgIpc) is 2.77. The molecular formula is C23H19I2N3O2. The van der Waals surface area contributed by atoms with Crippen molar-refractivity contribution in [3.8, 4) is 24.2 Å². The lowest BCUT2D eigenvalue weighted by Gasteiger charge is -2.36. The number of carbonyl (C=O) groups is 1. The smallest absolute Gasteiger partial charge is 0.264 e. The molecule has 0 N–H and O–H groups in total. The zero-order chi connectivity index (χ0) is 21.5. The van der Waals surface area contributed by atoms with E-state index in [-0.39, 0.29) is 18.1 Å². The van der Waals surface area contributed by atoms with Gasteiger partial charge in [-0.3, -0.25) is 4.79 Å². The number of piperazine rings is 1. The van der Waals surface area contributed by atoms with E-state index in [0.29, 0.717) is 18.8 Å². The van der Waals surface area contributed by atoms with Crippen LogP contribution in [0, 0.1) is 30.8 Å². The minimum Gasteiger partial charge on any atom is -0.479 e. The Morgan fingerprint density at radius 2 is 1.77 bits per heavy atom. The number of ether oxygens (including phenoxy) is 1. The summed E-state index contributed by atoms with van der Waals surface area (Å²) in [5.41, 5.74) is 2.06. The van der Waals surface area contributed by atoms with Gasteiger partial charge in [0.15, 0.2) is 0 Å². The zero-order valence-corrected chi connectivity index (χ0v) is 20.5. The molecule has 2 aromatic carbocycles. The average molecular weight is 623 g/mol. The highest BCUT2D eigenvalue weighted by Crippen LogP contribution is 2.30. The fourth-order valence-corrected chi connectivity index (χ4v) is 5.33. The molecule has 1 aliphatic rings. The lowest BCUT2D eigenvalue weighted by molar-refractivity contribution is -0.126. The molecule has 0 saturated carbocycles. The van der Waals surface area contributed by atoms with E-state index in [0.717, 1.165) is 31.5 Å².